The highest BCUT2D eigenvalue weighted by Gasteiger charge is 2.59. The lowest BCUT2D eigenvalue weighted by molar-refractivity contribution is -0.131. The maximum atomic E-state index is 12.4. The number of hydrogen-bond donors (Lipinski definition) is 1. The zero-order valence-electron chi connectivity index (χ0n) is 11.6. The lowest BCUT2D eigenvalue weighted by atomic mass is 10.0. The van der Waals surface area contributed by atoms with E-state index in [1.807, 2.05) is 0 Å². The fourth-order valence-corrected chi connectivity index (χ4v) is 2.86. The van der Waals surface area contributed by atoms with Crippen molar-refractivity contribution in [2.75, 3.05) is 6.54 Å². The van der Waals surface area contributed by atoms with Crippen molar-refractivity contribution in [3.05, 3.63) is 0 Å². The molecule has 1 aliphatic heterocycles. The maximum Gasteiger partial charge on any atom is 0.244 e. The second-order valence-electron chi connectivity index (χ2n) is 6.06. The number of nitrogens with zero attached hydrogens (tertiary/aromatic N) is 1. The summed E-state index contributed by atoms with van der Waals surface area (Å²) in [4.78, 5) is 14.6. The van der Waals surface area contributed by atoms with E-state index in [1.165, 1.54) is 0 Å². The number of hydrogen-bond acceptors (Lipinski definition) is 2. The van der Waals surface area contributed by atoms with Crippen LogP contribution in [-0.4, -0.2) is 29.1 Å². The molecule has 2 rings (SSSR count). The molecule has 0 radical (unpaired) electrons. The van der Waals surface area contributed by atoms with Crippen molar-refractivity contribution in [2.45, 2.75) is 65.1 Å². The summed E-state index contributed by atoms with van der Waals surface area (Å²) in [7, 11) is 0. The average molecular weight is 238 g/mol. The van der Waals surface area contributed by atoms with E-state index in [0.29, 0.717) is 17.7 Å². The first-order valence-corrected chi connectivity index (χ1v) is 7.12. The molecule has 2 fully saturated rings. The zero-order chi connectivity index (χ0) is 12.6. The van der Waals surface area contributed by atoms with Gasteiger partial charge in [-0.25, -0.2) is 0 Å². The smallest absolute Gasteiger partial charge is 0.244 e. The van der Waals surface area contributed by atoms with Crippen molar-refractivity contribution in [3.63, 3.8) is 0 Å². The number of carbonyl (C=O) groups is 1. The Labute approximate surface area is 105 Å². The van der Waals surface area contributed by atoms with Crippen LogP contribution in [0.3, 0.4) is 0 Å². The Balaban J connectivity index is 2.09. The van der Waals surface area contributed by atoms with Crippen LogP contribution in [0.5, 0.6) is 0 Å². The molecule has 0 bridgehead atoms. The molecular formula is C14H26N2O. The van der Waals surface area contributed by atoms with Crippen molar-refractivity contribution < 1.29 is 4.79 Å². The minimum atomic E-state index is -0.152. The minimum Gasteiger partial charge on any atom is -0.325 e. The molecule has 17 heavy (non-hydrogen) atoms. The van der Waals surface area contributed by atoms with E-state index in [4.69, 9.17) is 0 Å². The Morgan fingerprint density at radius 2 is 1.94 bits per heavy atom. The molecule has 1 heterocycles. The van der Waals surface area contributed by atoms with E-state index < -0.39 is 0 Å². The fourth-order valence-electron chi connectivity index (χ4n) is 2.86. The normalized spacial score (nSPS) is 26.6. The third kappa shape index (κ3) is 2.22. The Morgan fingerprint density at radius 1 is 1.35 bits per heavy atom. The summed E-state index contributed by atoms with van der Waals surface area (Å²) >= 11 is 0. The molecule has 1 saturated heterocycles. The van der Waals surface area contributed by atoms with E-state index in [1.54, 1.807) is 0 Å². The van der Waals surface area contributed by atoms with Gasteiger partial charge in [0.1, 0.15) is 0 Å². The van der Waals surface area contributed by atoms with Gasteiger partial charge in [0.2, 0.25) is 5.91 Å². The van der Waals surface area contributed by atoms with Crippen LogP contribution < -0.4 is 5.32 Å². The summed E-state index contributed by atoms with van der Waals surface area (Å²) in [5, 5.41) is 3.57. The second-order valence-corrected chi connectivity index (χ2v) is 6.06. The predicted molar refractivity (Wildman–Crippen MR) is 69.5 cm³/mol. The molecule has 0 aromatic carbocycles. The summed E-state index contributed by atoms with van der Waals surface area (Å²) < 4.78 is 0. The van der Waals surface area contributed by atoms with Gasteiger partial charge in [-0.3, -0.25) is 10.1 Å². The molecule has 3 nitrogen and oxygen atoms in total. The minimum absolute atomic E-state index is 0.152. The highest BCUT2D eigenvalue weighted by Crippen LogP contribution is 2.43. The molecule has 98 valence electrons. The van der Waals surface area contributed by atoms with Crippen LogP contribution in [-0.2, 0) is 4.79 Å². The largest absolute Gasteiger partial charge is 0.325 e. The van der Waals surface area contributed by atoms with Crippen LogP contribution in [0.25, 0.3) is 0 Å². The molecule has 1 N–H and O–H groups in total. The van der Waals surface area contributed by atoms with Crippen molar-refractivity contribution in [1.82, 2.24) is 10.2 Å². The molecular weight excluding hydrogens is 212 g/mol. The van der Waals surface area contributed by atoms with Gasteiger partial charge in [-0.2, -0.15) is 0 Å². The number of rotatable bonds is 5. The molecule has 1 unspecified atom stereocenters. The molecule has 1 aliphatic carbocycles. The predicted octanol–water partition coefficient (Wildman–Crippen LogP) is 2.37. The van der Waals surface area contributed by atoms with Crippen LogP contribution in [0, 0.1) is 11.8 Å². The Bertz CT molecular complexity index is 293. The van der Waals surface area contributed by atoms with Gasteiger partial charge in [-0.15, -0.1) is 0 Å². The SMILES string of the molecule is CCC(CC)CN1C(=O)C2(CC2)NC1C(C)C. The van der Waals surface area contributed by atoms with Gasteiger partial charge in [0.25, 0.3) is 0 Å². The van der Waals surface area contributed by atoms with Crippen molar-refractivity contribution in [2.24, 2.45) is 11.8 Å². The van der Waals surface area contributed by atoms with Crippen LogP contribution >= 0.6 is 0 Å². The third-order valence-electron chi connectivity index (χ3n) is 4.42. The molecule has 0 aromatic heterocycles. The second kappa shape index (κ2) is 4.60. The number of amides is 1. The third-order valence-corrected chi connectivity index (χ3v) is 4.42. The van der Waals surface area contributed by atoms with Crippen LogP contribution in [0.1, 0.15) is 53.4 Å². The first kappa shape index (κ1) is 12.9. The molecule has 1 spiro atoms. The molecule has 1 atom stereocenters. The van der Waals surface area contributed by atoms with Gasteiger partial charge in [0.15, 0.2) is 0 Å². The van der Waals surface area contributed by atoms with Crippen molar-refractivity contribution in [1.29, 1.82) is 0 Å². The standard InChI is InChI=1S/C14H26N2O/c1-5-11(6-2)9-16-12(10(3)4)15-14(7-8-14)13(16)17/h10-12,15H,5-9H2,1-4H3. The Morgan fingerprint density at radius 3 is 2.35 bits per heavy atom. The quantitative estimate of drug-likeness (QED) is 0.797. The summed E-state index contributed by atoms with van der Waals surface area (Å²) in [5.74, 6) is 1.51. The van der Waals surface area contributed by atoms with E-state index in [2.05, 4.69) is 37.9 Å². The van der Waals surface area contributed by atoms with Crippen molar-refractivity contribution in [3.8, 4) is 0 Å². The van der Waals surface area contributed by atoms with Crippen molar-refractivity contribution >= 4 is 5.91 Å². The van der Waals surface area contributed by atoms with Gasteiger partial charge >= 0.3 is 0 Å². The highest BCUT2D eigenvalue weighted by molar-refractivity contribution is 5.91. The zero-order valence-corrected chi connectivity index (χ0v) is 11.6. The lowest BCUT2D eigenvalue weighted by Gasteiger charge is -2.30. The highest BCUT2D eigenvalue weighted by atomic mass is 16.2. The topological polar surface area (TPSA) is 32.3 Å². The Hall–Kier alpha value is -0.570. The van der Waals surface area contributed by atoms with Crippen LogP contribution in [0.2, 0.25) is 0 Å². The summed E-state index contributed by atoms with van der Waals surface area (Å²) in [6.07, 6.45) is 4.66. The average Bonchev–Trinajstić information content (AvgIpc) is 3.03. The molecule has 2 aliphatic rings. The molecule has 0 aromatic rings. The van der Waals surface area contributed by atoms with Gasteiger partial charge in [0.05, 0.1) is 11.7 Å². The van der Waals surface area contributed by atoms with Crippen LogP contribution in [0.4, 0.5) is 0 Å². The monoisotopic (exact) mass is 238 g/mol. The molecule has 3 heteroatoms. The van der Waals surface area contributed by atoms with E-state index in [9.17, 15) is 4.79 Å². The Kier molecular flexibility index (Phi) is 3.48. The first-order valence-electron chi connectivity index (χ1n) is 7.12. The van der Waals surface area contributed by atoms with E-state index in [-0.39, 0.29) is 11.7 Å². The number of nitrogens with one attached hydrogen (secondary N) is 1. The van der Waals surface area contributed by atoms with Crippen LogP contribution in [0.15, 0.2) is 0 Å². The lowest BCUT2D eigenvalue weighted by Crippen LogP contribution is -2.43. The van der Waals surface area contributed by atoms with Gasteiger partial charge in [-0.05, 0) is 24.7 Å². The summed E-state index contributed by atoms with van der Waals surface area (Å²) in [6.45, 7) is 9.78. The van der Waals surface area contributed by atoms with Gasteiger partial charge in [0, 0.05) is 6.54 Å². The van der Waals surface area contributed by atoms with Gasteiger partial charge < -0.3 is 4.90 Å². The maximum absolute atomic E-state index is 12.4. The van der Waals surface area contributed by atoms with E-state index in [0.717, 1.165) is 32.2 Å². The van der Waals surface area contributed by atoms with Gasteiger partial charge in [-0.1, -0.05) is 40.5 Å². The molecule has 1 amide bonds. The summed E-state index contributed by atoms with van der Waals surface area (Å²) in [5.41, 5.74) is -0.152. The first-order chi connectivity index (χ1) is 8.04. The fraction of sp³-hybridized carbons (Fsp3) is 0.929. The summed E-state index contributed by atoms with van der Waals surface area (Å²) in [6, 6.07) is 0. The van der Waals surface area contributed by atoms with E-state index >= 15 is 0 Å². The molecule has 1 saturated carbocycles. The number of carbonyl (C=O) groups excluding carboxylic acids is 1.